The van der Waals surface area contributed by atoms with Crippen molar-refractivity contribution in [2.75, 3.05) is 26.2 Å². The van der Waals surface area contributed by atoms with E-state index in [-0.39, 0.29) is 24.3 Å². The van der Waals surface area contributed by atoms with Crippen molar-refractivity contribution < 1.29 is 9.59 Å². The summed E-state index contributed by atoms with van der Waals surface area (Å²) in [7, 11) is 0. The summed E-state index contributed by atoms with van der Waals surface area (Å²) < 4.78 is 0. The van der Waals surface area contributed by atoms with Crippen molar-refractivity contribution in [2.45, 2.75) is 31.3 Å². The van der Waals surface area contributed by atoms with E-state index in [0.717, 1.165) is 19.4 Å². The Morgan fingerprint density at radius 2 is 1.81 bits per heavy atom. The molecule has 0 aromatic heterocycles. The molecule has 0 unspecified atom stereocenters. The molecule has 1 aromatic rings. The van der Waals surface area contributed by atoms with Gasteiger partial charge in [0.1, 0.15) is 0 Å². The van der Waals surface area contributed by atoms with E-state index in [1.165, 1.54) is 11.1 Å². The lowest BCUT2D eigenvalue weighted by atomic mass is 10.0. The van der Waals surface area contributed by atoms with E-state index >= 15 is 0 Å². The molecule has 1 atom stereocenters. The number of carbonyl (C=O) groups is 2. The fourth-order valence-electron chi connectivity index (χ4n) is 4.03. The molecule has 1 heterocycles. The fourth-order valence-corrected chi connectivity index (χ4v) is 4.03. The predicted molar refractivity (Wildman–Crippen MR) is 103 cm³/mol. The van der Waals surface area contributed by atoms with Gasteiger partial charge in [0.2, 0.25) is 11.8 Å². The molecule has 3 rings (SSSR count). The number of carbonyl (C=O) groups excluding carboxylic acids is 2. The highest BCUT2D eigenvalue weighted by Crippen LogP contribution is 2.28. The molecule has 2 aliphatic rings. The Morgan fingerprint density at radius 3 is 2.38 bits per heavy atom. The minimum Gasteiger partial charge on any atom is -0.353 e. The van der Waals surface area contributed by atoms with Crippen molar-refractivity contribution in [3.05, 3.63) is 60.7 Å². The molecular formula is C21H27N3O2. The minimum absolute atomic E-state index is 0.0349. The molecule has 26 heavy (non-hydrogen) atoms. The lowest BCUT2D eigenvalue weighted by Crippen LogP contribution is -2.60. The molecule has 0 radical (unpaired) electrons. The number of piperazine rings is 1. The average molecular weight is 353 g/mol. The van der Waals surface area contributed by atoms with Crippen LogP contribution in [0, 0.1) is 0 Å². The van der Waals surface area contributed by atoms with Crippen LogP contribution < -0.4 is 5.32 Å². The average Bonchev–Trinajstić information content (AvgIpc) is 3.07. The van der Waals surface area contributed by atoms with Gasteiger partial charge < -0.3 is 10.2 Å². The third-order valence-electron chi connectivity index (χ3n) is 5.29. The Bertz CT molecular complexity index is 665. The first kappa shape index (κ1) is 18.4. The Morgan fingerprint density at radius 1 is 1.19 bits per heavy atom. The Hall–Kier alpha value is -2.40. The van der Waals surface area contributed by atoms with Crippen LogP contribution in [0.2, 0.25) is 0 Å². The van der Waals surface area contributed by atoms with Crippen LogP contribution >= 0.6 is 0 Å². The van der Waals surface area contributed by atoms with Gasteiger partial charge in [-0.3, -0.25) is 14.5 Å². The summed E-state index contributed by atoms with van der Waals surface area (Å²) in [4.78, 5) is 29.2. The lowest BCUT2D eigenvalue weighted by molar-refractivity contribution is -0.139. The van der Waals surface area contributed by atoms with Crippen molar-refractivity contribution in [3.8, 4) is 0 Å². The van der Waals surface area contributed by atoms with Crippen LogP contribution in [0.3, 0.4) is 0 Å². The first-order valence-electron chi connectivity index (χ1n) is 9.23. The molecular weight excluding hydrogens is 326 g/mol. The van der Waals surface area contributed by atoms with E-state index in [9.17, 15) is 9.59 Å². The molecule has 1 aliphatic carbocycles. The monoisotopic (exact) mass is 353 g/mol. The smallest absolute Gasteiger partial charge is 0.237 e. The van der Waals surface area contributed by atoms with Gasteiger partial charge in [-0.05, 0) is 24.0 Å². The number of benzene rings is 1. The number of amides is 2. The molecule has 0 bridgehead atoms. The number of nitrogens with zero attached hydrogens (tertiary/aromatic N) is 2. The summed E-state index contributed by atoms with van der Waals surface area (Å²) in [5.41, 5.74) is 2.71. The van der Waals surface area contributed by atoms with Gasteiger partial charge in [0, 0.05) is 32.2 Å². The van der Waals surface area contributed by atoms with E-state index in [1.807, 2.05) is 0 Å². The second-order valence-corrected chi connectivity index (χ2v) is 6.96. The number of rotatable bonds is 7. The summed E-state index contributed by atoms with van der Waals surface area (Å²) in [6.45, 7) is 9.77. The van der Waals surface area contributed by atoms with Crippen molar-refractivity contribution >= 4 is 11.8 Å². The maximum atomic E-state index is 12.7. The second-order valence-electron chi connectivity index (χ2n) is 6.96. The highest BCUT2D eigenvalue weighted by Gasteiger charge is 2.38. The first-order valence-corrected chi connectivity index (χ1v) is 9.23. The zero-order chi connectivity index (χ0) is 18.5. The molecule has 1 aromatic carbocycles. The predicted octanol–water partition coefficient (Wildman–Crippen LogP) is 1.54. The minimum atomic E-state index is -0.410. The first-order chi connectivity index (χ1) is 12.6. The van der Waals surface area contributed by atoms with Gasteiger partial charge in [0.05, 0.1) is 12.5 Å². The molecule has 1 aliphatic heterocycles. The van der Waals surface area contributed by atoms with Crippen molar-refractivity contribution in [2.24, 2.45) is 0 Å². The standard InChI is InChI=1S/C21H27N3O2/c1-3-10-23(11-4-2)20(25)15-19-21(26)22-9-12-24(19)18-13-16-7-5-6-8-17(16)14-18/h3-8,18-19H,1-2,9-15H2,(H,22,26)/t19-/m1/s1. The third-order valence-corrected chi connectivity index (χ3v) is 5.29. The number of nitrogens with one attached hydrogen (secondary N) is 1. The largest absolute Gasteiger partial charge is 0.353 e. The number of hydrogen-bond donors (Lipinski definition) is 1. The zero-order valence-corrected chi connectivity index (χ0v) is 15.2. The SMILES string of the molecule is C=CCN(CC=C)C(=O)C[C@@H]1C(=O)NCCN1C1Cc2ccccc2C1. The maximum Gasteiger partial charge on any atom is 0.237 e. The summed E-state index contributed by atoms with van der Waals surface area (Å²) in [5.74, 6) is -0.0786. The van der Waals surface area contributed by atoms with E-state index in [4.69, 9.17) is 0 Å². The van der Waals surface area contributed by atoms with Gasteiger partial charge in [0.15, 0.2) is 0 Å². The van der Waals surface area contributed by atoms with Crippen molar-refractivity contribution in [1.29, 1.82) is 0 Å². The Balaban J connectivity index is 1.73. The molecule has 2 amide bonds. The quantitative estimate of drug-likeness (QED) is 0.757. The lowest BCUT2D eigenvalue weighted by Gasteiger charge is -2.39. The highest BCUT2D eigenvalue weighted by molar-refractivity contribution is 5.89. The van der Waals surface area contributed by atoms with Gasteiger partial charge >= 0.3 is 0 Å². The summed E-state index contributed by atoms with van der Waals surface area (Å²) in [5, 5.41) is 2.92. The van der Waals surface area contributed by atoms with Gasteiger partial charge in [-0.2, -0.15) is 0 Å². The van der Waals surface area contributed by atoms with Crippen LogP contribution in [0.15, 0.2) is 49.6 Å². The zero-order valence-electron chi connectivity index (χ0n) is 15.2. The fraction of sp³-hybridized carbons (Fsp3) is 0.429. The Kier molecular flexibility index (Phi) is 5.89. The van der Waals surface area contributed by atoms with E-state index < -0.39 is 6.04 Å². The second kappa shape index (κ2) is 8.32. The number of fused-ring (bicyclic) bond motifs is 1. The normalized spacial score (nSPS) is 20.3. The molecule has 5 nitrogen and oxygen atoms in total. The molecule has 0 saturated carbocycles. The topological polar surface area (TPSA) is 52.7 Å². The maximum absolute atomic E-state index is 12.7. The highest BCUT2D eigenvalue weighted by atomic mass is 16.2. The van der Waals surface area contributed by atoms with Crippen LogP contribution in [0.1, 0.15) is 17.5 Å². The van der Waals surface area contributed by atoms with Crippen LogP contribution in [0.4, 0.5) is 0 Å². The summed E-state index contributed by atoms with van der Waals surface area (Å²) in [6.07, 6.45) is 5.48. The molecule has 1 fully saturated rings. The van der Waals surface area contributed by atoms with Gasteiger partial charge in [-0.25, -0.2) is 0 Å². The molecule has 1 N–H and O–H groups in total. The van der Waals surface area contributed by atoms with E-state index in [0.29, 0.717) is 19.6 Å². The van der Waals surface area contributed by atoms with Gasteiger partial charge in [-0.15, -0.1) is 13.2 Å². The Labute approximate surface area is 155 Å². The van der Waals surface area contributed by atoms with Crippen molar-refractivity contribution in [1.82, 2.24) is 15.1 Å². The van der Waals surface area contributed by atoms with Gasteiger partial charge in [-0.1, -0.05) is 36.4 Å². The molecule has 5 heteroatoms. The summed E-state index contributed by atoms with van der Waals surface area (Å²) in [6, 6.07) is 8.32. The molecule has 1 saturated heterocycles. The number of hydrogen-bond acceptors (Lipinski definition) is 3. The van der Waals surface area contributed by atoms with E-state index in [2.05, 4.69) is 47.6 Å². The molecule has 138 valence electrons. The molecule has 0 spiro atoms. The third kappa shape index (κ3) is 3.88. The summed E-state index contributed by atoms with van der Waals surface area (Å²) >= 11 is 0. The van der Waals surface area contributed by atoms with Crippen molar-refractivity contribution in [3.63, 3.8) is 0 Å². The van der Waals surface area contributed by atoms with Crippen LogP contribution in [-0.2, 0) is 22.4 Å². The van der Waals surface area contributed by atoms with E-state index in [1.54, 1.807) is 17.1 Å². The van der Waals surface area contributed by atoms with Crippen LogP contribution in [0.25, 0.3) is 0 Å². The van der Waals surface area contributed by atoms with Gasteiger partial charge in [0.25, 0.3) is 0 Å². The van der Waals surface area contributed by atoms with Crippen LogP contribution in [-0.4, -0.2) is 59.9 Å². The van der Waals surface area contributed by atoms with Crippen LogP contribution in [0.5, 0.6) is 0 Å².